The van der Waals surface area contributed by atoms with Crippen LogP contribution in [0.1, 0.15) is 17.3 Å². The first-order chi connectivity index (χ1) is 13.6. The lowest BCUT2D eigenvalue weighted by atomic mass is 10.0. The molecule has 2 heterocycles. The summed E-state index contributed by atoms with van der Waals surface area (Å²) in [7, 11) is 5.64. The molecule has 0 bridgehead atoms. The van der Waals surface area contributed by atoms with Crippen molar-refractivity contribution < 1.29 is 9.53 Å². The second-order valence-electron chi connectivity index (χ2n) is 6.59. The van der Waals surface area contributed by atoms with Crippen molar-refractivity contribution in [1.29, 1.82) is 0 Å². The summed E-state index contributed by atoms with van der Waals surface area (Å²) in [5.74, 6) is 0.765. The highest BCUT2D eigenvalue weighted by Crippen LogP contribution is 2.27. The Morgan fingerprint density at radius 1 is 1.25 bits per heavy atom. The molecule has 0 saturated heterocycles. The number of rotatable bonds is 8. The van der Waals surface area contributed by atoms with Gasteiger partial charge in [0.2, 0.25) is 5.91 Å². The summed E-state index contributed by atoms with van der Waals surface area (Å²) in [6.45, 7) is 0.492. The molecule has 0 radical (unpaired) electrons. The smallest absolute Gasteiger partial charge is 0.226 e. The summed E-state index contributed by atoms with van der Waals surface area (Å²) in [6, 6.07) is 11.7. The summed E-state index contributed by atoms with van der Waals surface area (Å²) in [5.41, 5.74) is 2.77. The van der Waals surface area contributed by atoms with Crippen LogP contribution in [-0.2, 0) is 11.2 Å². The van der Waals surface area contributed by atoms with Crippen molar-refractivity contribution in [3.63, 3.8) is 0 Å². The Labute approximate surface area is 169 Å². The number of hydrogen-bond acceptors (Lipinski definition) is 6. The van der Waals surface area contributed by atoms with Crippen LogP contribution in [0.25, 0.3) is 10.6 Å². The van der Waals surface area contributed by atoms with Crippen molar-refractivity contribution in [2.45, 2.75) is 12.5 Å². The van der Waals surface area contributed by atoms with Crippen LogP contribution in [-0.4, -0.2) is 48.5 Å². The second-order valence-corrected chi connectivity index (χ2v) is 7.45. The number of ether oxygens (including phenoxy) is 1. The lowest BCUT2D eigenvalue weighted by molar-refractivity contribution is -0.120. The van der Waals surface area contributed by atoms with Gasteiger partial charge in [-0.05, 0) is 32.3 Å². The van der Waals surface area contributed by atoms with Crippen molar-refractivity contribution in [3.05, 3.63) is 65.4 Å². The predicted octanol–water partition coefficient (Wildman–Crippen LogP) is 3.18. The molecule has 2 aromatic heterocycles. The highest BCUT2D eigenvalue weighted by Gasteiger charge is 2.19. The molecule has 1 amide bonds. The van der Waals surface area contributed by atoms with E-state index in [2.05, 4.69) is 20.2 Å². The number of carbonyl (C=O) groups excluding carboxylic acids is 1. The van der Waals surface area contributed by atoms with Gasteiger partial charge < -0.3 is 15.0 Å². The number of pyridine rings is 1. The standard InChI is InChI=1S/C21H24N4O2S/c1-25(2)18(17-8-4-5-9-19(17)27-3)13-23-20(26)11-16-14-28-21(24-16)15-7-6-10-22-12-15/h4-10,12,14,18H,11,13H2,1-3H3,(H,23,26). The molecule has 146 valence electrons. The van der Waals surface area contributed by atoms with Crippen molar-refractivity contribution in [1.82, 2.24) is 20.2 Å². The molecule has 0 aliphatic carbocycles. The van der Waals surface area contributed by atoms with Gasteiger partial charge in [-0.25, -0.2) is 4.98 Å². The molecule has 0 aliphatic rings. The number of hydrogen-bond donors (Lipinski definition) is 1. The maximum absolute atomic E-state index is 12.5. The SMILES string of the molecule is COc1ccccc1C(CNC(=O)Cc1csc(-c2cccnc2)n1)N(C)C. The van der Waals surface area contributed by atoms with E-state index in [0.717, 1.165) is 27.6 Å². The summed E-state index contributed by atoms with van der Waals surface area (Å²) in [4.78, 5) is 23.2. The zero-order valence-corrected chi connectivity index (χ0v) is 17.1. The molecule has 0 aliphatic heterocycles. The Hall–Kier alpha value is -2.77. The van der Waals surface area contributed by atoms with Gasteiger partial charge in [-0.15, -0.1) is 11.3 Å². The highest BCUT2D eigenvalue weighted by molar-refractivity contribution is 7.13. The molecule has 1 unspecified atom stereocenters. The number of nitrogens with one attached hydrogen (secondary N) is 1. The number of aromatic nitrogens is 2. The van der Waals surface area contributed by atoms with Crippen molar-refractivity contribution in [3.8, 4) is 16.3 Å². The molecule has 6 nitrogen and oxygen atoms in total. The Balaban J connectivity index is 1.62. The number of amides is 1. The van der Waals surface area contributed by atoms with Crippen molar-refractivity contribution in [2.24, 2.45) is 0 Å². The minimum absolute atomic E-state index is 0.0153. The van der Waals surface area contributed by atoms with E-state index in [1.807, 2.05) is 55.9 Å². The van der Waals surface area contributed by atoms with Gasteiger partial charge in [0, 0.05) is 35.4 Å². The predicted molar refractivity (Wildman–Crippen MR) is 111 cm³/mol. The van der Waals surface area contributed by atoms with Crippen LogP contribution in [0.3, 0.4) is 0 Å². The van der Waals surface area contributed by atoms with Crippen LogP contribution in [0.4, 0.5) is 0 Å². The third-order valence-electron chi connectivity index (χ3n) is 4.42. The van der Waals surface area contributed by atoms with E-state index in [0.29, 0.717) is 6.54 Å². The van der Waals surface area contributed by atoms with Crippen molar-refractivity contribution >= 4 is 17.2 Å². The first kappa shape index (κ1) is 20.0. The van der Waals surface area contributed by atoms with Gasteiger partial charge in [0.05, 0.1) is 25.3 Å². The number of thiazole rings is 1. The second kappa shape index (κ2) is 9.43. The summed E-state index contributed by atoms with van der Waals surface area (Å²) >= 11 is 1.52. The van der Waals surface area contributed by atoms with Gasteiger partial charge in [0.15, 0.2) is 0 Å². The zero-order valence-electron chi connectivity index (χ0n) is 16.3. The average molecular weight is 397 g/mol. The van der Waals surface area contributed by atoms with Crippen LogP contribution in [0.2, 0.25) is 0 Å². The third-order valence-corrected chi connectivity index (χ3v) is 5.36. The lowest BCUT2D eigenvalue weighted by Crippen LogP contribution is -2.35. The van der Waals surface area contributed by atoms with Crippen LogP contribution < -0.4 is 10.1 Å². The van der Waals surface area contributed by atoms with E-state index in [4.69, 9.17) is 4.74 Å². The summed E-state index contributed by atoms with van der Waals surface area (Å²) < 4.78 is 5.47. The van der Waals surface area contributed by atoms with Crippen LogP contribution in [0.15, 0.2) is 54.2 Å². The monoisotopic (exact) mass is 396 g/mol. The van der Waals surface area contributed by atoms with E-state index < -0.39 is 0 Å². The number of carbonyl (C=O) groups is 1. The topological polar surface area (TPSA) is 67.3 Å². The van der Waals surface area contributed by atoms with Gasteiger partial charge in [-0.3, -0.25) is 9.78 Å². The maximum Gasteiger partial charge on any atom is 0.226 e. The Morgan fingerprint density at radius 2 is 2.07 bits per heavy atom. The molecule has 28 heavy (non-hydrogen) atoms. The lowest BCUT2D eigenvalue weighted by Gasteiger charge is -2.26. The van der Waals surface area contributed by atoms with Gasteiger partial charge in [0.25, 0.3) is 0 Å². The van der Waals surface area contributed by atoms with Gasteiger partial charge in [0.1, 0.15) is 10.8 Å². The maximum atomic E-state index is 12.5. The third kappa shape index (κ3) is 4.94. The molecule has 0 fully saturated rings. The van der Waals surface area contributed by atoms with Crippen LogP contribution in [0.5, 0.6) is 5.75 Å². The molecule has 3 rings (SSSR count). The number of nitrogens with zero attached hydrogens (tertiary/aromatic N) is 3. The Kier molecular flexibility index (Phi) is 6.73. The van der Waals surface area contributed by atoms with Crippen molar-refractivity contribution in [2.75, 3.05) is 27.7 Å². The first-order valence-corrected chi connectivity index (χ1v) is 9.87. The zero-order chi connectivity index (χ0) is 19.9. The molecule has 1 N–H and O–H groups in total. The molecule has 0 saturated carbocycles. The quantitative estimate of drug-likeness (QED) is 0.633. The number of benzene rings is 1. The number of para-hydroxylation sites is 1. The fraction of sp³-hybridized carbons (Fsp3) is 0.286. The fourth-order valence-electron chi connectivity index (χ4n) is 2.96. The number of methoxy groups -OCH3 is 1. The average Bonchev–Trinajstić information content (AvgIpc) is 3.17. The molecular formula is C21H24N4O2S. The molecule has 1 atom stereocenters. The van der Waals surface area contributed by atoms with Crippen LogP contribution >= 0.6 is 11.3 Å². The van der Waals surface area contributed by atoms with E-state index in [1.165, 1.54) is 11.3 Å². The van der Waals surface area contributed by atoms with Gasteiger partial charge >= 0.3 is 0 Å². The minimum Gasteiger partial charge on any atom is -0.496 e. The number of likely N-dealkylation sites (N-methyl/N-ethyl adjacent to an activating group) is 1. The normalized spacial score (nSPS) is 12.0. The first-order valence-electron chi connectivity index (χ1n) is 8.99. The van der Waals surface area contributed by atoms with E-state index in [1.54, 1.807) is 19.5 Å². The molecular weight excluding hydrogens is 372 g/mol. The molecule has 1 aromatic carbocycles. The molecule has 0 spiro atoms. The van der Waals surface area contributed by atoms with E-state index >= 15 is 0 Å². The summed E-state index contributed by atoms with van der Waals surface area (Å²) in [5, 5.41) is 5.82. The largest absolute Gasteiger partial charge is 0.496 e. The molecule has 7 heteroatoms. The van der Waals surface area contributed by atoms with Crippen LogP contribution in [0, 0.1) is 0 Å². The van der Waals surface area contributed by atoms with E-state index in [-0.39, 0.29) is 18.4 Å². The fourth-order valence-corrected chi connectivity index (χ4v) is 3.77. The van der Waals surface area contributed by atoms with Gasteiger partial charge in [-0.1, -0.05) is 18.2 Å². The summed E-state index contributed by atoms with van der Waals surface area (Å²) in [6.07, 6.45) is 3.76. The minimum atomic E-state index is -0.0511. The van der Waals surface area contributed by atoms with Gasteiger partial charge in [-0.2, -0.15) is 0 Å². The molecule has 3 aromatic rings. The highest BCUT2D eigenvalue weighted by atomic mass is 32.1. The van der Waals surface area contributed by atoms with E-state index in [9.17, 15) is 4.79 Å². The Bertz CT molecular complexity index is 912. The Morgan fingerprint density at radius 3 is 2.79 bits per heavy atom.